The molecule has 1 heterocycles. The zero-order chi connectivity index (χ0) is 15.1. The Morgan fingerprint density at radius 3 is 2.76 bits per heavy atom. The SMILES string of the molecule is CCc1cccc(NC(=O)CN(CC)C2CCNCC2)c1. The molecule has 0 atom stereocenters. The van der Waals surface area contributed by atoms with Crippen molar-refractivity contribution in [1.29, 1.82) is 0 Å². The highest BCUT2D eigenvalue weighted by Gasteiger charge is 2.21. The van der Waals surface area contributed by atoms with Gasteiger partial charge in [-0.1, -0.05) is 26.0 Å². The van der Waals surface area contributed by atoms with Crippen molar-refractivity contribution < 1.29 is 4.79 Å². The number of aryl methyl sites for hydroxylation is 1. The number of hydrogen-bond acceptors (Lipinski definition) is 3. The van der Waals surface area contributed by atoms with Crippen LogP contribution in [0.2, 0.25) is 0 Å². The molecule has 0 saturated carbocycles. The molecule has 4 nitrogen and oxygen atoms in total. The molecule has 0 spiro atoms. The minimum absolute atomic E-state index is 0.0867. The summed E-state index contributed by atoms with van der Waals surface area (Å²) in [5, 5.41) is 6.40. The van der Waals surface area contributed by atoms with Crippen LogP contribution in [0.5, 0.6) is 0 Å². The third-order valence-corrected chi connectivity index (χ3v) is 4.20. The summed E-state index contributed by atoms with van der Waals surface area (Å²) < 4.78 is 0. The molecule has 116 valence electrons. The Kier molecular flexibility index (Phi) is 6.21. The van der Waals surface area contributed by atoms with Gasteiger partial charge in [-0.05, 0) is 56.6 Å². The van der Waals surface area contributed by atoms with Crippen molar-refractivity contribution in [3.63, 3.8) is 0 Å². The van der Waals surface area contributed by atoms with Gasteiger partial charge in [0.1, 0.15) is 0 Å². The van der Waals surface area contributed by atoms with Gasteiger partial charge in [0, 0.05) is 11.7 Å². The lowest BCUT2D eigenvalue weighted by Crippen LogP contribution is -2.46. The fraction of sp³-hybridized carbons (Fsp3) is 0.588. The number of likely N-dealkylation sites (N-methyl/N-ethyl adjacent to an activating group) is 1. The maximum absolute atomic E-state index is 12.3. The Balaban J connectivity index is 1.89. The number of carbonyl (C=O) groups is 1. The first-order valence-electron chi connectivity index (χ1n) is 8.06. The molecule has 2 N–H and O–H groups in total. The van der Waals surface area contributed by atoms with Crippen molar-refractivity contribution in [3.05, 3.63) is 29.8 Å². The molecule has 1 aromatic rings. The summed E-state index contributed by atoms with van der Waals surface area (Å²) in [4.78, 5) is 14.5. The molecule has 0 bridgehead atoms. The molecule has 1 amide bonds. The van der Waals surface area contributed by atoms with Gasteiger partial charge in [0.2, 0.25) is 5.91 Å². The first-order chi connectivity index (χ1) is 10.2. The van der Waals surface area contributed by atoms with Gasteiger partial charge in [-0.2, -0.15) is 0 Å². The fourth-order valence-electron chi connectivity index (χ4n) is 2.92. The summed E-state index contributed by atoms with van der Waals surface area (Å²) in [6.07, 6.45) is 3.25. The highest BCUT2D eigenvalue weighted by molar-refractivity contribution is 5.92. The van der Waals surface area contributed by atoms with Crippen LogP contribution in [0.15, 0.2) is 24.3 Å². The predicted octanol–water partition coefficient (Wildman–Crippen LogP) is 2.26. The molecule has 0 aliphatic carbocycles. The van der Waals surface area contributed by atoms with E-state index in [1.54, 1.807) is 0 Å². The Labute approximate surface area is 127 Å². The number of benzene rings is 1. The Morgan fingerprint density at radius 1 is 1.33 bits per heavy atom. The molecular weight excluding hydrogens is 262 g/mol. The van der Waals surface area contributed by atoms with Crippen LogP contribution < -0.4 is 10.6 Å². The molecule has 1 saturated heterocycles. The molecule has 2 rings (SSSR count). The van der Waals surface area contributed by atoms with E-state index < -0.39 is 0 Å². The van der Waals surface area contributed by atoms with E-state index in [9.17, 15) is 4.79 Å². The number of nitrogens with one attached hydrogen (secondary N) is 2. The number of rotatable bonds is 6. The standard InChI is InChI=1S/C17H27N3O/c1-3-14-6-5-7-15(12-14)19-17(21)13-20(4-2)16-8-10-18-11-9-16/h5-7,12,16,18H,3-4,8-11,13H2,1-2H3,(H,19,21). The van der Waals surface area contributed by atoms with Gasteiger partial charge < -0.3 is 10.6 Å². The minimum Gasteiger partial charge on any atom is -0.325 e. The predicted molar refractivity (Wildman–Crippen MR) is 87.6 cm³/mol. The lowest BCUT2D eigenvalue weighted by Gasteiger charge is -2.33. The lowest BCUT2D eigenvalue weighted by molar-refractivity contribution is -0.118. The highest BCUT2D eigenvalue weighted by atomic mass is 16.2. The van der Waals surface area contributed by atoms with Crippen molar-refractivity contribution in [3.8, 4) is 0 Å². The van der Waals surface area contributed by atoms with E-state index in [4.69, 9.17) is 0 Å². The van der Waals surface area contributed by atoms with Crippen LogP contribution in [-0.4, -0.2) is 43.0 Å². The number of anilines is 1. The van der Waals surface area contributed by atoms with Gasteiger partial charge in [0.15, 0.2) is 0 Å². The summed E-state index contributed by atoms with van der Waals surface area (Å²) in [6, 6.07) is 8.63. The van der Waals surface area contributed by atoms with Gasteiger partial charge >= 0.3 is 0 Å². The van der Waals surface area contributed by atoms with Crippen LogP contribution in [0.4, 0.5) is 5.69 Å². The molecule has 21 heavy (non-hydrogen) atoms. The molecule has 1 aromatic carbocycles. The average molecular weight is 289 g/mol. The van der Waals surface area contributed by atoms with E-state index in [-0.39, 0.29) is 5.91 Å². The Bertz CT molecular complexity index is 455. The molecule has 1 fully saturated rings. The van der Waals surface area contributed by atoms with E-state index in [0.29, 0.717) is 12.6 Å². The quantitative estimate of drug-likeness (QED) is 0.844. The van der Waals surface area contributed by atoms with Crippen LogP contribution in [0, 0.1) is 0 Å². The number of piperidine rings is 1. The van der Waals surface area contributed by atoms with Crippen LogP contribution >= 0.6 is 0 Å². The first kappa shape index (κ1) is 16.0. The van der Waals surface area contributed by atoms with Crippen molar-refractivity contribution >= 4 is 11.6 Å². The van der Waals surface area contributed by atoms with Crippen LogP contribution in [0.25, 0.3) is 0 Å². The smallest absolute Gasteiger partial charge is 0.238 e. The third kappa shape index (κ3) is 4.83. The number of hydrogen-bond donors (Lipinski definition) is 2. The van der Waals surface area contributed by atoms with E-state index >= 15 is 0 Å². The summed E-state index contributed by atoms with van der Waals surface area (Å²) in [5.41, 5.74) is 2.15. The lowest BCUT2D eigenvalue weighted by atomic mass is 10.0. The zero-order valence-electron chi connectivity index (χ0n) is 13.2. The second-order valence-electron chi connectivity index (χ2n) is 5.65. The molecular formula is C17H27N3O. The van der Waals surface area contributed by atoms with Crippen molar-refractivity contribution in [2.45, 2.75) is 39.2 Å². The second kappa shape index (κ2) is 8.15. The van der Waals surface area contributed by atoms with Crippen molar-refractivity contribution in [2.75, 3.05) is 31.5 Å². The normalized spacial score (nSPS) is 16.1. The van der Waals surface area contributed by atoms with Crippen molar-refractivity contribution in [1.82, 2.24) is 10.2 Å². The number of carbonyl (C=O) groups excluding carboxylic acids is 1. The van der Waals surface area contributed by atoms with Crippen molar-refractivity contribution in [2.24, 2.45) is 0 Å². The van der Waals surface area contributed by atoms with Gasteiger partial charge in [-0.25, -0.2) is 0 Å². The minimum atomic E-state index is 0.0867. The topological polar surface area (TPSA) is 44.4 Å². The van der Waals surface area contributed by atoms with E-state index in [0.717, 1.165) is 44.6 Å². The number of nitrogens with zero attached hydrogens (tertiary/aromatic N) is 1. The maximum Gasteiger partial charge on any atom is 0.238 e. The van der Waals surface area contributed by atoms with E-state index in [1.807, 2.05) is 12.1 Å². The highest BCUT2D eigenvalue weighted by Crippen LogP contribution is 2.13. The maximum atomic E-state index is 12.3. The monoisotopic (exact) mass is 289 g/mol. The van der Waals surface area contributed by atoms with E-state index in [2.05, 4.69) is 41.5 Å². The average Bonchev–Trinajstić information content (AvgIpc) is 2.53. The number of amides is 1. The van der Waals surface area contributed by atoms with Gasteiger partial charge in [-0.15, -0.1) is 0 Å². The molecule has 0 aromatic heterocycles. The van der Waals surface area contributed by atoms with Crippen LogP contribution in [-0.2, 0) is 11.2 Å². The van der Waals surface area contributed by atoms with E-state index in [1.165, 1.54) is 5.56 Å². The van der Waals surface area contributed by atoms with Gasteiger partial charge in [0.25, 0.3) is 0 Å². The molecule has 4 heteroatoms. The summed E-state index contributed by atoms with van der Waals surface area (Å²) in [5.74, 6) is 0.0867. The van der Waals surface area contributed by atoms with Crippen LogP contribution in [0.3, 0.4) is 0 Å². The Hall–Kier alpha value is -1.39. The summed E-state index contributed by atoms with van der Waals surface area (Å²) >= 11 is 0. The largest absolute Gasteiger partial charge is 0.325 e. The van der Waals surface area contributed by atoms with Gasteiger partial charge in [0.05, 0.1) is 6.54 Å². The fourth-order valence-corrected chi connectivity index (χ4v) is 2.92. The summed E-state index contributed by atoms with van der Waals surface area (Å²) in [6.45, 7) is 7.77. The first-order valence-corrected chi connectivity index (χ1v) is 8.06. The molecule has 1 aliphatic heterocycles. The molecule has 0 unspecified atom stereocenters. The van der Waals surface area contributed by atoms with Crippen LogP contribution in [0.1, 0.15) is 32.3 Å². The van der Waals surface area contributed by atoms with Gasteiger partial charge in [-0.3, -0.25) is 9.69 Å². The molecule has 0 radical (unpaired) electrons. The second-order valence-corrected chi connectivity index (χ2v) is 5.65. The zero-order valence-corrected chi connectivity index (χ0v) is 13.2. The Morgan fingerprint density at radius 2 is 2.10 bits per heavy atom. The summed E-state index contributed by atoms with van der Waals surface area (Å²) in [7, 11) is 0. The molecule has 1 aliphatic rings. The third-order valence-electron chi connectivity index (χ3n) is 4.20.